The molecule has 0 spiro atoms. The highest BCUT2D eigenvalue weighted by Gasteiger charge is 2.14. The third-order valence-corrected chi connectivity index (χ3v) is 2.43. The Labute approximate surface area is 86.0 Å². The second-order valence-electron chi connectivity index (χ2n) is 4.17. The van der Waals surface area contributed by atoms with Crippen molar-refractivity contribution in [3.05, 3.63) is 11.8 Å². The van der Waals surface area contributed by atoms with Crippen LogP contribution in [0.3, 0.4) is 0 Å². The lowest BCUT2D eigenvalue weighted by Crippen LogP contribution is -2.41. The van der Waals surface area contributed by atoms with Crippen LogP contribution in [-0.2, 0) is 0 Å². The highest BCUT2D eigenvalue weighted by Crippen LogP contribution is 2.16. The Balaban J connectivity index is 2.22. The van der Waals surface area contributed by atoms with Gasteiger partial charge in [0.2, 0.25) is 0 Å². The molecule has 0 radical (unpaired) electrons. The Morgan fingerprint density at radius 3 is 2.43 bits per heavy atom. The van der Waals surface area contributed by atoms with Gasteiger partial charge in [0.25, 0.3) is 0 Å². The molecular formula is C11H20N2O. The molecule has 0 atom stereocenters. The first-order chi connectivity index (χ1) is 6.68. The average molecular weight is 196 g/mol. The van der Waals surface area contributed by atoms with E-state index >= 15 is 0 Å². The number of allylic oxidation sites excluding steroid dienone is 1. The second kappa shape index (κ2) is 5.68. The van der Waals surface area contributed by atoms with E-state index in [2.05, 4.69) is 10.6 Å². The van der Waals surface area contributed by atoms with E-state index in [-0.39, 0.29) is 6.03 Å². The number of nitrogens with one attached hydrogen (secondary N) is 2. The van der Waals surface area contributed by atoms with Crippen LogP contribution in [0.1, 0.15) is 46.0 Å². The van der Waals surface area contributed by atoms with Crippen LogP contribution in [0.15, 0.2) is 11.8 Å². The number of hydrogen-bond acceptors (Lipinski definition) is 1. The molecule has 80 valence electrons. The molecule has 2 N–H and O–H groups in total. The van der Waals surface area contributed by atoms with Crippen molar-refractivity contribution in [3.8, 4) is 0 Å². The largest absolute Gasteiger partial charge is 0.335 e. The maximum atomic E-state index is 11.3. The van der Waals surface area contributed by atoms with Crippen molar-refractivity contribution < 1.29 is 4.79 Å². The van der Waals surface area contributed by atoms with E-state index in [0.717, 1.165) is 18.4 Å². The predicted octanol–water partition coefficient (Wildman–Crippen LogP) is 2.54. The fourth-order valence-corrected chi connectivity index (χ4v) is 1.68. The third kappa shape index (κ3) is 4.30. The maximum absolute atomic E-state index is 11.3. The summed E-state index contributed by atoms with van der Waals surface area (Å²) in [4.78, 5) is 11.3. The lowest BCUT2D eigenvalue weighted by Gasteiger charge is -2.22. The number of carbonyl (C=O) groups excluding carboxylic acids is 1. The summed E-state index contributed by atoms with van der Waals surface area (Å²) in [7, 11) is 0. The molecule has 0 aromatic heterocycles. The summed E-state index contributed by atoms with van der Waals surface area (Å²) in [6.07, 6.45) is 7.79. The summed E-state index contributed by atoms with van der Waals surface area (Å²) in [5, 5.41) is 5.70. The first-order valence-electron chi connectivity index (χ1n) is 5.39. The molecule has 3 nitrogen and oxygen atoms in total. The van der Waals surface area contributed by atoms with Crippen LogP contribution in [0.2, 0.25) is 0 Å². The summed E-state index contributed by atoms with van der Waals surface area (Å²) in [6, 6.07) is 0.312. The Morgan fingerprint density at radius 1 is 1.21 bits per heavy atom. The minimum Gasteiger partial charge on any atom is -0.335 e. The van der Waals surface area contributed by atoms with Crippen LogP contribution < -0.4 is 10.6 Å². The Hall–Kier alpha value is -0.990. The maximum Gasteiger partial charge on any atom is 0.318 e. The standard InChI is InChI=1S/C11H20N2O/c1-9(2)8-12-11(14)13-10-6-4-3-5-7-10/h8,10H,3-7H2,1-2H3,(H2,12,13,14). The molecule has 0 aromatic rings. The molecule has 1 fully saturated rings. The van der Waals surface area contributed by atoms with Gasteiger partial charge in [-0.3, -0.25) is 0 Å². The molecule has 1 rings (SSSR count). The van der Waals surface area contributed by atoms with Crippen LogP contribution in [-0.4, -0.2) is 12.1 Å². The van der Waals surface area contributed by atoms with E-state index < -0.39 is 0 Å². The van der Waals surface area contributed by atoms with Crippen molar-refractivity contribution in [3.63, 3.8) is 0 Å². The number of carbonyl (C=O) groups is 1. The van der Waals surface area contributed by atoms with Crippen molar-refractivity contribution in [2.45, 2.75) is 52.0 Å². The monoisotopic (exact) mass is 196 g/mol. The summed E-state index contributed by atoms with van der Waals surface area (Å²) in [5.41, 5.74) is 1.10. The molecule has 0 bridgehead atoms. The molecule has 1 aliphatic rings. The number of rotatable bonds is 2. The zero-order valence-electron chi connectivity index (χ0n) is 9.10. The molecule has 1 saturated carbocycles. The predicted molar refractivity (Wildman–Crippen MR) is 58.0 cm³/mol. The van der Waals surface area contributed by atoms with Gasteiger partial charge in [-0.2, -0.15) is 0 Å². The molecular weight excluding hydrogens is 176 g/mol. The zero-order chi connectivity index (χ0) is 10.4. The van der Waals surface area contributed by atoms with Crippen LogP contribution in [0.25, 0.3) is 0 Å². The number of hydrogen-bond donors (Lipinski definition) is 2. The molecule has 0 heterocycles. The van der Waals surface area contributed by atoms with Crippen LogP contribution in [0.5, 0.6) is 0 Å². The fraction of sp³-hybridized carbons (Fsp3) is 0.727. The molecule has 0 saturated heterocycles. The first-order valence-corrected chi connectivity index (χ1v) is 5.39. The molecule has 0 aromatic carbocycles. The lowest BCUT2D eigenvalue weighted by molar-refractivity contribution is 0.236. The zero-order valence-corrected chi connectivity index (χ0v) is 9.10. The summed E-state index contributed by atoms with van der Waals surface area (Å²) < 4.78 is 0. The Bertz CT molecular complexity index is 213. The first kappa shape index (κ1) is 11.1. The molecule has 0 unspecified atom stereocenters. The van der Waals surface area contributed by atoms with Gasteiger partial charge in [-0.05, 0) is 26.7 Å². The quantitative estimate of drug-likeness (QED) is 0.700. The van der Waals surface area contributed by atoms with Gasteiger partial charge in [-0.1, -0.05) is 24.8 Å². The normalized spacial score (nSPS) is 17.3. The van der Waals surface area contributed by atoms with Crippen molar-refractivity contribution in [1.29, 1.82) is 0 Å². The smallest absolute Gasteiger partial charge is 0.318 e. The van der Waals surface area contributed by atoms with Crippen molar-refractivity contribution >= 4 is 6.03 Å². The van der Waals surface area contributed by atoms with Gasteiger partial charge in [0.05, 0.1) is 0 Å². The van der Waals surface area contributed by atoms with E-state index in [1.54, 1.807) is 6.20 Å². The van der Waals surface area contributed by atoms with Crippen molar-refractivity contribution in [1.82, 2.24) is 10.6 Å². The van der Waals surface area contributed by atoms with Crippen molar-refractivity contribution in [2.24, 2.45) is 0 Å². The molecule has 3 heteroatoms. The molecule has 0 aliphatic heterocycles. The summed E-state index contributed by atoms with van der Waals surface area (Å²) >= 11 is 0. The van der Waals surface area contributed by atoms with Crippen LogP contribution >= 0.6 is 0 Å². The number of urea groups is 1. The van der Waals surface area contributed by atoms with Gasteiger partial charge in [-0.25, -0.2) is 4.79 Å². The summed E-state index contributed by atoms with van der Waals surface area (Å²) in [6.45, 7) is 3.92. The average Bonchev–Trinajstić information content (AvgIpc) is 2.16. The van der Waals surface area contributed by atoms with Crippen LogP contribution in [0.4, 0.5) is 4.79 Å². The molecule has 2 amide bonds. The highest BCUT2D eigenvalue weighted by atomic mass is 16.2. The Morgan fingerprint density at radius 2 is 1.86 bits per heavy atom. The van der Waals surface area contributed by atoms with E-state index in [4.69, 9.17) is 0 Å². The Kier molecular flexibility index (Phi) is 4.50. The fourth-order valence-electron chi connectivity index (χ4n) is 1.68. The van der Waals surface area contributed by atoms with E-state index in [1.807, 2.05) is 13.8 Å². The minimum absolute atomic E-state index is 0.0712. The second-order valence-corrected chi connectivity index (χ2v) is 4.17. The molecule has 1 aliphatic carbocycles. The molecule has 14 heavy (non-hydrogen) atoms. The van der Waals surface area contributed by atoms with Gasteiger partial charge in [0.15, 0.2) is 0 Å². The highest BCUT2D eigenvalue weighted by molar-refractivity contribution is 5.75. The van der Waals surface area contributed by atoms with E-state index in [1.165, 1.54) is 19.3 Å². The summed E-state index contributed by atoms with van der Waals surface area (Å²) in [5.74, 6) is 0. The minimum atomic E-state index is -0.0712. The SMILES string of the molecule is CC(C)=CNC(=O)NC1CCCCC1. The topological polar surface area (TPSA) is 41.1 Å². The van der Waals surface area contributed by atoms with E-state index in [9.17, 15) is 4.79 Å². The van der Waals surface area contributed by atoms with Crippen molar-refractivity contribution in [2.75, 3.05) is 0 Å². The van der Waals surface area contributed by atoms with Gasteiger partial charge in [0.1, 0.15) is 0 Å². The number of amides is 2. The van der Waals surface area contributed by atoms with E-state index in [0.29, 0.717) is 6.04 Å². The lowest BCUT2D eigenvalue weighted by atomic mass is 9.96. The van der Waals surface area contributed by atoms with Crippen LogP contribution in [0, 0.1) is 0 Å². The van der Waals surface area contributed by atoms with Gasteiger partial charge in [0, 0.05) is 12.2 Å². The van der Waals surface area contributed by atoms with Gasteiger partial charge >= 0.3 is 6.03 Å². The van der Waals surface area contributed by atoms with Gasteiger partial charge < -0.3 is 10.6 Å². The van der Waals surface area contributed by atoms with Gasteiger partial charge in [-0.15, -0.1) is 0 Å². The third-order valence-electron chi connectivity index (χ3n) is 2.43.